The molecule has 1 aliphatic heterocycles. The number of amides is 1. The summed E-state index contributed by atoms with van der Waals surface area (Å²) in [4.78, 5) is 12.7. The first-order valence-electron chi connectivity index (χ1n) is 10.0. The smallest absolute Gasteiger partial charge is 0.281 e. The molecule has 2 aromatic rings. The quantitative estimate of drug-likeness (QED) is 0.744. The standard InChI is InChI=1S/C20H29N5O3S/c1-4-21-20(26)18-15-25(17-11-7-6-8-12-17)22-19(18)16-10-9-13-24(14-16)29(27,28)23(3)5-2/h6-8,11-12,15-16H,4-5,9-10,13-14H2,1-3H3,(H,21,26)/t16-/m0/s1. The molecule has 0 unspecified atom stereocenters. The molecule has 1 fully saturated rings. The molecule has 0 radical (unpaired) electrons. The maximum absolute atomic E-state index is 12.8. The molecule has 2 heterocycles. The van der Waals surface area contributed by atoms with Gasteiger partial charge in [0, 0.05) is 45.3 Å². The summed E-state index contributed by atoms with van der Waals surface area (Å²) in [5, 5.41) is 7.55. The highest BCUT2D eigenvalue weighted by molar-refractivity contribution is 7.86. The highest BCUT2D eigenvalue weighted by Crippen LogP contribution is 2.31. The van der Waals surface area contributed by atoms with Crippen LogP contribution in [0.3, 0.4) is 0 Å². The molecule has 1 aromatic carbocycles. The third-order valence-corrected chi connectivity index (χ3v) is 7.31. The molecule has 8 nitrogen and oxygen atoms in total. The van der Waals surface area contributed by atoms with Crippen LogP contribution in [0.2, 0.25) is 0 Å². The van der Waals surface area contributed by atoms with Gasteiger partial charge in [0.15, 0.2) is 0 Å². The van der Waals surface area contributed by atoms with Crippen LogP contribution in [0.5, 0.6) is 0 Å². The number of hydrogen-bond donors (Lipinski definition) is 1. The molecule has 1 aliphatic rings. The van der Waals surface area contributed by atoms with E-state index in [1.807, 2.05) is 44.2 Å². The zero-order chi connectivity index (χ0) is 21.0. The summed E-state index contributed by atoms with van der Waals surface area (Å²) < 4.78 is 30.1. The average molecular weight is 420 g/mol. The minimum Gasteiger partial charge on any atom is -0.352 e. The molecular formula is C20H29N5O3S. The molecule has 9 heteroatoms. The number of para-hydroxylation sites is 1. The molecule has 0 bridgehead atoms. The number of piperidine rings is 1. The summed E-state index contributed by atoms with van der Waals surface area (Å²) in [6.07, 6.45) is 3.26. The van der Waals surface area contributed by atoms with E-state index in [1.54, 1.807) is 17.9 Å². The summed E-state index contributed by atoms with van der Waals surface area (Å²) in [6, 6.07) is 9.60. The maximum atomic E-state index is 12.8. The molecule has 1 aromatic heterocycles. The summed E-state index contributed by atoms with van der Waals surface area (Å²) in [6.45, 7) is 5.42. The van der Waals surface area contributed by atoms with Crippen LogP contribution in [-0.4, -0.2) is 65.9 Å². The van der Waals surface area contributed by atoms with Gasteiger partial charge in [0.05, 0.1) is 16.9 Å². The van der Waals surface area contributed by atoms with Crippen LogP contribution in [0.25, 0.3) is 5.69 Å². The molecular weight excluding hydrogens is 390 g/mol. The fraction of sp³-hybridized carbons (Fsp3) is 0.500. The van der Waals surface area contributed by atoms with Gasteiger partial charge in [0.2, 0.25) is 0 Å². The number of benzene rings is 1. The van der Waals surface area contributed by atoms with Gasteiger partial charge in [0.1, 0.15) is 0 Å². The minimum atomic E-state index is -3.51. The Kier molecular flexibility index (Phi) is 6.71. The van der Waals surface area contributed by atoms with Crippen molar-refractivity contribution in [3.63, 3.8) is 0 Å². The molecule has 1 saturated heterocycles. The van der Waals surface area contributed by atoms with E-state index in [9.17, 15) is 13.2 Å². The van der Waals surface area contributed by atoms with E-state index < -0.39 is 10.2 Å². The Morgan fingerprint density at radius 2 is 2.00 bits per heavy atom. The summed E-state index contributed by atoms with van der Waals surface area (Å²) in [5.41, 5.74) is 2.01. The number of hydrogen-bond acceptors (Lipinski definition) is 4. The van der Waals surface area contributed by atoms with Crippen LogP contribution in [0.15, 0.2) is 36.5 Å². The van der Waals surface area contributed by atoms with E-state index in [0.717, 1.165) is 18.5 Å². The van der Waals surface area contributed by atoms with Crippen molar-refractivity contribution in [1.29, 1.82) is 0 Å². The van der Waals surface area contributed by atoms with Crippen molar-refractivity contribution in [2.45, 2.75) is 32.6 Å². The predicted octanol–water partition coefficient (Wildman–Crippen LogP) is 2.00. The highest BCUT2D eigenvalue weighted by atomic mass is 32.2. The molecule has 1 atom stereocenters. The Balaban J connectivity index is 1.96. The van der Waals surface area contributed by atoms with Crippen molar-refractivity contribution in [2.24, 2.45) is 0 Å². The molecule has 1 amide bonds. The first-order chi connectivity index (χ1) is 13.9. The van der Waals surface area contributed by atoms with Crippen molar-refractivity contribution >= 4 is 16.1 Å². The zero-order valence-corrected chi connectivity index (χ0v) is 18.0. The Morgan fingerprint density at radius 3 is 2.66 bits per heavy atom. The van der Waals surface area contributed by atoms with E-state index in [4.69, 9.17) is 5.10 Å². The third-order valence-electron chi connectivity index (χ3n) is 5.28. The molecule has 29 heavy (non-hydrogen) atoms. The van der Waals surface area contributed by atoms with Crippen LogP contribution >= 0.6 is 0 Å². The van der Waals surface area contributed by atoms with Gasteiger partial charge in [-0.3, -0.25) is 4.79 Å². The van der Waals surface area contributed by atoms with Crippen LogP contribution < -0.4 is 5.32 Å². The molecule has 0 spiro atoms. The Bertz CT molecular complexity index is 942. The molecule has 158 valence electrons. The van der Waals surface area contributed by atoms with E-state index in [2.05, 4.69) is 5.32 Å². The molecule has 0 saturated carbocycles. The summed E-state index contributed by atoms with van der Waals surface area (Å²) in [7, 11) is -1.92. The molecule has 0 aliphatic carbocycles. The lowest BCUT2D eigenvalue weighted by molar-refractivity contribution is 0.0954. The Labute approximate surface area is 172 Å². The first kappa shape index (κ1) is 21.5. The monoisotopic (exact) mass is 419 g/mol. The predicted molar refractivity (Wildman–Crippen MR) is 112 cm³/mol. The number of carbonyl (C=O) groups excluding carboxylic acids is 1. The molecule has 3 rings (SSSR count). The summed E-state index contributed by atoms with van der Waals surface area (Å²) >= 11 is 0. The second-order valence-corrected chi connectivity index (χ2v) is 9.22. The minimum absolute atomic E-state index is 0.133. The van der Waals surface area contributed by atoms with Gasteiger partial charge < -0.3 is 5.32 Å². The van der Waals surface area contributed by atoms with E-state index in [1.165, 1.54) is 8.61 Å². The lowest BCUT2D eigenvalue weighted by Crippen LogP contribution is -2.46. The van der Waals surface area contributed by atoms with Crippen molar-refractivity contribution in [3.05, 3.63) is 47.8 Å². The van der Waals surface area contributed by atoms with E-state index in [0.29, 0.717) is 37.4 Å². The normalized spacial score (nSPS) is 18.1. The van der Waals surface area contributed by atoms with Gasteiger partial charge in [-0.2, -0.15) is 22.1 Å². The molecule has 1 N–H and O–H groups in total. The number of carbonyl (C=O) groups is 1. The van der Waals surface area contributed by atoms with Crippen LogP contribution in [0.1, 0.15) is 48.7 Å². The second kappa shape index (κ2) is 9.06. The zero-order valence-electron chi connectivity index (χ0n) is 17.2. The maximum Gasteiger partial charge on any atom is 0.281 e. The topological polar surface area (TPSA) is 87.5 Å². The van der Waals surface area contributed by atoms with Gasteiger partial charge in [-0.05, 0) is 31.9 Å². The van der Waals surface area contributed by atoms with Gasteiger partial charge in [-0.15, -0.1) is 0 Å². The van der Waals surface area contributed by atoms with Crippen LogP contribution in [-0.2, 0) is 10.2 Å². The van der Waals surface area contributed by atoms with Crippen LogP contribution in [0, 0.1) is 0 Å². The third kappa shape index (κ3) is 4.52. The number of aromatic nitrogens is 2. The van der Waals surface area contributed by atoms with E-state index >= 15 is 0 Å². The van der Waals surface area contributed by atoms with Gasteiger partial charge in [-0.1, -0.05) is 25.1 Å². The largest absolute Gasteiger partial charge is 0.352 e. The van der Waals surface area contributed by atoms with Crippen LogP contribution in [0.4, 0.5) is 0 Å². The van der Waals surface area contributed by atoms with E-state index in [-0.39, 0.29) is 11.8 Å². The number of nitrogens with one attached hydrogen (secondary N) is 1. The lowest BCUT2D eigenvalue weighted by Gasteiger charge is -2.33. The summed E-state index contributed by atoms with van der Waals surface area (Å²) in [5.74, 6) is -0.318. The number of rotatable bonds is 7. The second-order valence-electron chi connectivity index (χ2n) is 7.19. The Morgan fingerprint density at radius 1 is 1.28 bits per heavy atom. The SMILES string of the molecule is CCNC(=O)c1cn(-c2ccccc2)nc1[C@H]1CCCN(S(=O)(=O)N(C)CC)C1. The first-order valence-corrected chi connectivity index (χ1v) is 11.4. The van der Waals surface area contributed by atoms with Crippen molar-refractivity contribution in [3.8, 4) is 5.69 Å². The van der Waals surface area contributed by atoms with Gasteiger partial charge in [0.25, 0.3) is 16.1 Å². The fourth-order valence-corrected chi connectivity index (χ4v) is 5.02. The van der Waals surface area contributed by atoms with Crippen molar-refractivity contribution < 1.29 is 13.2 Å². The number of nitrogens with zero attached hydrogens (tertiary/aromatic N) is 4. The Hall–Kier alpha value is -2.23. The van der Waals surface area contributed by atoms with Crippen molar-refractivity contribution in [2.75, 3.05) is 33.2 Å². The average Bonchev–Trinajstić information content (AvgIpc) is 3.19. The van der Waals surface area contributed by atoms with Gasteiger partial charge >= 0.3 is 0 Å². The van der Waals surface area contributed by atoms with Crippen molar-refractivity contribution in [1.82, 2.24) is 23.7 Å². The lowest BCUT2D eigenvalue weighted by atomic mass is 9.93. The van der Waals surface area contributed by atoms with Gasteiger partial charge in [-0.25, -0.2) is 4.68 Å². The highest BCUT2D eigenvalue weighted by Gasteiger charge is 2.34. The fourth-order valence-electron chi connectivity index (χ4n) is 3.57.